The fraction of sp³-hybridized carbons (Fsp3) is 0.667. The third-order valence-corrected chi connectivity index (χ3v) is 3.34. The zero-order chi connectivity index (χ0) is 13.8. The number of carbonyl (C=O) groups is 1. The van der Waals surface area contributed by atoms with Crippen molar-refractivity contribution in [3.05, 3.63) is 24.3 Å². The van der Waals surface area contributed by atoms with Crippen LogP contribution in [0.4, 0.5) is 0 Å². The molecular formula is C15H24O3. The van der Waals surface area contributed by atoms with Crippen LogP contribution in [0.2, 0.25) is 0 Å². The summed E-state index contributed by atoms with van der Waals surface area (Å²) in [4.78, 5) is 11.3. The minimum atomic E-state index is -0.803. The summed E-state index contributed by atoms with van der Waals surface area (Å²) in [5.74, 6) is -0.155. The van der Waals surface area contributed by atoms with E-state index in [2.05, 4.69) is 12.7 Å². The number of allylic oxidation sites excluding steroid dienone is 2. The second-order valence-corrected chi connectivity index (χ2v) is 5.65. The number of hydrogen-bond acceptors (Lipinski definition) is 3. The highest BCUT2D eigenvalue weighted by Gasteiger charge is 2.37. The first kappa shape index (κ1) is 15.0. The van der Waals surface area contributed by atoms with Gasteiger partial charge in [-0.1, -0.05) is 17.7 Å². The molecule has 0 radical (unpaired) electrons. The number of rotatable bonds is 6. The third-order valence-electron chi connectivity index (χ3n) is 3.34. The van der Waals surface area contributed by atoms with Crippen molar-refractivity contribution in [2.75, 3.05) is 0 Å². The standard InChI is InChI=1S/C15H24O3/c1-5-12-9-14(16)18-13(12)10-15(4,17)8-6-7-11(2)3/h5,7,12-13,17H,1,6,8-10H2,2-4H3/t12-,13-,15+/m1/s1. The second kappa shape index (κ2) is 6.19. The van der Waals surface area contributed by atoms with Gasteiger partial charge in [-0.25, -0.2) is 0 Å². The van der Waals surface area contributed by atoms with Gasteiger partial charge in [0.2, 0.25) is 0 Å². The van der Waals surface area contributed by atoms with E-state index in [0.717, 1.165) is 6.42 Å². The van der Waals surface area contributed by atoms with Gasteiger partial charge in [0.25, 0.3) is 0 Å². The van der Waals surface area contributed by atoms with Crippen molar-refractivity contribution in [2.24, 2.45) is 5.92 Å². The highest BCUT2D eigenvalue weighted by atomic mass is 16.6. The number of aliphatic hydroxyl groups is 1. The van der Waals surface area contributed by atoms with Gasteiger partial charge in [-0.2, -0.15) is 0 Å². The molecular weight excluding hydrogens is 228 g/mol. The molecule has 1 N–H and O–H groups in total. The van der Waals surface area contributed by atoms with E-state index in [1.54, 1.807) is 13.0 Å². The molecule has 0 aliphatic carbocycles. The molecule has 0 aromatic heterocycles. The second-order valence-electron chi connectivity index (χ2n) is 5.65. The largest absolute Gasteiger partial charge is 0.462 e. The lowest BCUT2D eigenvalue weighted by atomic mass is 9.87. The summed E-state index contributed by atoms with van der Waals surface area (Å²) in [5.41, 5.74) is 0.449. The zero-order valence-corrected chi connectivity index (χ0v) is 11.6. The summed E-state index contributed by atoms with van der Waals surface area (Å²) in [6.45, 7) is 9.61. The number of ether oxygens (including phenoxy) is 1. The normalized spacial score (nSPS) is 26.3. The summed E-state index contributed by atoms with van der Waals surface area (Å²) >= 11 is 0. The van der Waals surface area contributed by atoms with E-state index < -0.39 is 5.60 Å². The molecule has 1 rings (SSSR count). The Labute approximate surface area is 110 Å². The van der Waals surface area contributed by atoms with E-state index in [4.69, 9.17) is 4.74 Å². The van der Waals surface area contributed by atoms with Gasteiger partial charge in [0.1, 0.15) is 6.10 Å². The zero-order valence-electron chi connectivity index (χ0n) is 11.6. The van der Waals surface area contributed by atoms with Gasteiger partial charge in [0.15, 0.2) is 0 Å². The van der Waals surface area contributed by atoms with Crippen LogP contribution in [0.1, 0.15) is 46.5 Å². The van der Waals surface area contributed by atoms with E-state index in [1.807, 2.05) is 13.8 Å². The summed E-state index contributed by atoms with van der Waals surface area (Å²) in [5, 5.41) is 10.3. The van der Waals surface area contributed by atoms with Crippen molar-refractivity contribution in [2.45, 2.75) is 58.2 Å². The monoisotopic (exact) mass is 252 g/mol. The molecule has 18 heavy (non-hydrogen) atoms. The van der Waals surface area contributed by atoms with Gasteiger partial charge >= 0.3 is 5.97 Å². The molecule has 1 saturated heterocycles. The Morgan fingerprint density at radius 2 is 2.28 bits per heavy atom. The minimum Gasteiger partial charge on any atom is -0.462 e. The minimum absolute atomic E-state index is 0.0347. The number of carbonyl (C=O) groups excluding carboxylic acids is 1. The average molecular weight is 252 g/mol. The molecule has 1 fully saturated rings. The average Bonchev–Trinajstić information content (AvgIpc) is 2.56. The molecule has 0 aromatic carbocycles. The van der Waals surface area contributed by atoms with Crippen LogP contribution < -0.4 is 0 Å². The van der Waals surface area contributed by atoms with Crippen LogP contribution in [0.15, 0.2) is 24.3 Å². The van der Waals surface area contributed by atoms with Crippen LogP contribution >= 0.6 is 0 Å². The number of cyclic esters (lactones) is 1. The Balaban J connectivity index is 2.51. The highest BCUT2D eigenvalue weighted by molar-refractivity contribution is 5.72. The summed E-state index contributed by atoms with van der Waals surface area (Å²) in [6, 6.07) is 0. The molecule has 3 nitrogen and oxygen atoms in total. The Bertz CT molecular complexity index is 338. The Hall–Kier alpha value is -1.09. The van der Waals surface area contributed by atoms with E-state index in [9.17, 15) is 9.90 Å². The lowest BCUT2D eigenvalue weighted by Gasteiger charge is -2.27. The van der Waals surface area contributed by atoms with Crippen molar-refractivity contribution in [1.82, 2.24) is 0 Å². The smallest absolute Gasteiger partial charge is 0.306 e. The maximum atomic E-state index is 11.3. The fourth-order valence-electron chi connectivity index (χ4n) is 2.26. The Morgan fingerprint density at radius 3 is 2.83 bits per heavy atom. The van der Waals surface area contributed by atoms with Crippen molar-refractivity contribution in [3.63, 3.8) is 0 Å². The maximum Gasteiger partial charge on any atom is 0.306 e. The molecule has 0 aromatic rings. The van der Waals surface area contributed by atoms with Crippen LogP contribution in [0.5, 0.6) is 0 Å². The predicted octanol–water partition coefficient (Wildman–Crippen LogP) is 2.99. The van der Waals surface area contributed by atoms with Crippen LogP contribution in [0.25, 0.3) is 0 Å². The van der Waals surface area contributed by atoms with Crippen molar-refractivity contribution in [3.8, 4) is 0 Å². The Morgan fingerprint density at radius 1 is 1.61 bits per heavy atom. The first-order valence-corrected chi connectivity index (χ1v) is 6.52. The molecule has 1 heterocycles. The van der Waals surface area contributed by atoms with Crippen molar-refractivity contribution < 1.29 is 14.6 Å². The molecule has 0 spiro atoms. The van der Waals surface area contributed by atoms with Crippen LogP contribution in [0, 0.1) is 5.92 Å². The van der Waals surface area contributed by atoms with E-state index in [-0.39, 0.29) is 18.0 Å². The lowest BCUT2D eigenvalue weighted by molar-refractivity contribution is -0.143. The molecule has 1 aliphatic heterocycles. The first-order valence-electron chi connectivity index (χ1n) is 6.52. The van der Waals surface area contributed by atoms with Gasteiger partial charge < -0.3 is 9.84 Å². The molecule has 0 amide bonds. The quantitative estimate of drug-likeness (QED) is 0.584. The summed E-state index contributed by atoms with van der Waals surface area (Å²) in [7, 11) is 0. The van der Waals surface area contributed by atoms with E-state index in [0.29, 0.717) is 19.3 Å². The molecule has 0 saturated carbocycles. The molecule has 0 bridgehead atoms. The van der Waals surface area contributed by atoms with Crippen molar-refractivity contribution >= 4 is 5.97 Å². The molecule has 0 unspecified atom stereocenters. The lowest BCUT2D eigenvalue weighted by Crippen LogP contribution is -2.32. The first-order chi connectivity index (χ1) is 8.34. The maximum absolute atomic E-state index is 11.3. The molecule has 1 aliphatic rings. The van der Waals surface area contributed by atoms with Gasteiger partial charge in [-0.15, -0.1) is 6.58 Å². The predicted molar refractivity (Wildman–Crippen MR) is 72.1 cm³/mol. The summed E-state index contributed by atoms with van der Waals surface area (Å²) in [6.07, 6.45) is 6.02. The SMILES string of the molecule is C=C[C@@H]1CC(=O)O[C@@H]1C[C@@](C)(O)CCC=C(C)C. The van der Waals surface area contributed by atoms with Gasteiger partial charge in [0, 0.05) is 12.3 Å². The van der Waals surface area contributed by atoms with Gasteiger partial charge in [-0.05, 0) is 33.6 Å². The van der Waals surface area contributed by atoms with Crippen LogP contribution in [-0.2, 0) is 9.53 Å². The molecule has 3 atom stereocenters. The van der Waals surface area contributed by atoms with Gasteiger partial charge in [0.05, 0.1) is 12.0 Å². The van der Waals surface area contributed by atoms with Crippen molar-refractivity contribution in [1.29, 1.82) is 0 Å². The van der Waals surface area contributed by atoms with Crippen LogP contribution in [0.3, 0.4) is 0 Å². The van der Waals surface area contributed by atoms with Gasteiger partial charge in [-0.3, -0.25) is 4.79 Å². The fourth-order valence-corrected chi connectivity index (χ4v) is 2.26. The van der Waals surface area contributed by atoms with Crippen LogP contribution in [-0.4, -0.2) is 22.8 Å². The topological polar surface area (TPSA) is 46.5 Å². The number of hydrogen-bond donors (Lipinski definition) is 1. The highest BCUT2D eigenvalue weighted by Crippen LogP contribution is 2.31. The summed E-state index contributed by atoms with van der Waals surface area (Å²) < 4.78 is 5.24. The molecule has 102 valence electrons. The number of esters is 1. The third kappa shape index (κ3) is 4.65. The van der Waals surface area contributed by atoms with E-state index in [1.165, 1.54) is 5.57 Å². The van der Waals surface area contributed by atoms with E-state index >= 15 is 0 Å². The Kier molecular flexibility index (Phi) is 5.15. The molecule has 3 heteroatoms.